The van der Waals surface area contributed by atoms with E-state index in [0.717, 1.165) is 5.56 Å². The number of nitriles is 1. The zero-order chi connectivity index (χ0) is 12.8. The van der Waals surface area contributed by atoms with Crippen LogP contribution in [0.4, 0.5) is 0 Å². The molecule has 0 aliphatic carbocycles. The van der Waals surface area contributed by atoms with Crippen molar-refractivity contribution in [3.8, 4) is 6.07 Å². The first kappa shape index (κ1) is 12.9. The average Bonchev–Trinajstić information content (AvgIpc) is 2.77. The van der Waals surface area contributed by atoms with Crippen LogP contribution >= 0.6 is 23.4 Å². The molecule has 0 saturated carbocycles. The molecule has 0 unspecified atom stereocenters. The molecular weight excluding hydrogens is 270 g/mol. The first-order valence-corrected chi connectivity index (χ1v) is 6.82. The molecule has 0 fully saturated rings. The highest BCUT2D eigenvalue weighted by Gasteiger charge is 2.07. The van der Waals surface area contributed by atoms with Crippen LogP contribution in [0.15, 0.2) is 28.8 Å². The van der Waals surface area contributed by atoms with E-state index in [1.165, 1.54) is 11.8 Å². The number of halogens is 1. The third-order valence-corrected chi connectivity index (χ3v) is 3.17. The third kappa shape index (κ3) is 3.76. The van der Waals surface area contributed by atoms with Gasteiger partial charge in [-0.05, 0) is 17.7 Å². The lowest BCUT2D eigenvalue weighted by Crippen LogP contribution is -1.91. The average molecular weight is 280 g/mol. The molecule has 18 heavy (non-hydrogen) atoms. The molecule has 1 aromatic carbocycles. The van der Waals surface area contributed by atoms with Crippen LogP contribution in [0.2, 0.25) is 5.02 Å². The molecule has 2 aromatic rings. The lowest BCUT2D eigenvalue weighted by molar-refractivity contribution is 0.386. The first-order chi connectivity index (χ1) is 8.78. The van der Waals surface area contributed by atoms with Gasteiger partial charge in [-0.3, -0.25) is 0 Å². The van der Waals surface area contributed by atoms with Crippen LogP contribution < -0.4 is 0 Å². The van der Waals surface area contributed by atoms with E-state index >= 15 is 0 Å². The summed E-state index contributed by atoms with van der Waals surface area (Å²) >= 11 is 7.35. The van der Waals surface area contributed by atoms with Crippen LogP contribution in [-0.4, -0.2) is 15.9 Å². The minimum absolute atomic E-state index is 0.423. The van der Waals surface area contributed by atoms with Gasteiger partial charge in [0.15, 0.2) is 5.82 Å². The fraction of sp³-hybridized carbons (Fsp3) is 0.250. The summed E-state index contributed by atoms with van der Waals surface area (Å²) in [4.78, 5) is 4.26. The molecule has 0 radical (unpaired) electrons. The third-order valence-electron chi connectivity index (χ3n) is 2.15. The molecular formula is C12H10ClN3OS. The molecule has 0 atom stereocenters. The molecule has 0 saturated heterocycles. The van der Waals surface area contributed by atoms with Crippen molar-refractivity contribution in [1.29, 1.82) is 5.26 Å². The van der Waals surface area contributed by atoms with Crippen molar-refractivity contribution in [2.45, 2.75) is 12.2 Å². The van der Waals surface area contributed by atoms with Crippen LogP contribution in [0.25, 0.3) is 0 Å². The van der Waals surface area contributed by atoms with E-state index in [-0.39, 0.29) is 0 Å². The van der Waals surface area contributed by atoms with E-state index in [4.69, 9.17) is 21.4 Å². The van der Waals surface area contributed by atoms with E-state index in [1.807, 2.05) is 30.3 Å². The van der Waals surface area contributed by atoms with Gasteiger partial charge in [0.2, 0.25) is 5.89 Å². The molecule has 0 aliphatic rings. The normalized spacial score (nSPS) is 10.2. The van der Waals surface area contributed by atoms with Gasteiger partial charge < -0.3 is 4.52 Å². The molecule has 2 rings (SSSR count). The lowest BCUT2D eigenvalue weighted by atomic mass is 10.1. The van der Waals surface area contributed by atoms with Gasteiger partial charge in [0, 0.05) is 11.4 Å². The van der Waals surface area contributed by atoms with E-state index in [9.17, 15) is 0 Å². The van der Waals surface area contributed by atoms with Crippen LogP contribution in [0.5, 0.6) is 0 Å². The Morgan fingerprint density at radius 1 is 1.44 bits per heavy atom. The molecule has 1 aromatic heterocycles. The highest BCUT2D eigenvalue weighted by atomic mass is 35.5. The molecule has 0 bridgehead atoms. The molecule has 1 heterocycles. The van der Waals surface area contributed by atoms with Crippen molar-refractivity contribution in [1.82, 2.24) is 10.1 Å². The van der Waals surface area contributed by atoms with Gasteiger partial charge in [-0.2, -0.15) is 10.2 Å². The second kappa shape index (κ2) is 6.43. The molecule has 6 heteroatoms. The van der Waals surface area contributed by atoms with E-state index in [0.29, 0.717) is 34.7 Å². The molecule has 0 N–H and O–H groups in total. The monoisotopic (exact) mass is 279 g/mol. The predicted molar refractivity (Wildman–Crippen MR) is 70.3 cm³/mol. The molecule has 4 nitrogen and oxygen atoms in total. The Bertz CT molecular complexity index is 564. The van der Waals surface area contributed by atoms with Gasteiger partial charge >= 0.3 is 0 Å². The summed E-state index contributed by atoms with van der Waals surface area (Å²) in [5, 5.41) is 13.0. The first-order valence-electron chi connectivity index (χ1n) is 5.28. The minimum Gasteiger partial charge on any atom is -0.338 e. The summed E-state index contributed by atoms with van der Waals surface area (Å²) in [6.45, 7) is 0. The molecule has 92 valence electrons. The number of nitrogens with zero attached hydrogens (tertiary/aromatic N) is 3. The zero-order valence-electron chi connectivity index (χ0n) is 9.47. The molecule has 0 spiro atoms. The van der Waals surface area contributed by atoms with Crippen molar-refractivity contribution >= 4 is 23.4 Å². The quantitative estimate of drug-likeness (QED) is 0.787. The lowest BCUT2D eigenvalue weighted by Gasteiger charge is -1.96. The van der Waals surface area contributed by atoms with Crippen molar-refractivity contribution in [2.24, 2.45) is 0 Å². The fourth-order valence-corrected chi connectivity index (χ4v) is 2.13. The Morgan fingerprint density at radius 2 is 2.33 bits per heavy atom. The summed E-state index contributed by atoms with van der Waals surface area (Å²) < 4.78 is 5.09. The number of hydrogen-bond acceptors (Lipinski definition) is 5. The zero-order valence-corrected chi connectivity index (χ0v) is 11.0. The second-order valence-corrected chi connectivity index (χ2v) is 4.98. The predicted octanol–water partition coefficient (Wildman–Crippen LogP) is 3.07. The number of benzene rings is 1. The largest absolute Gasteiger partial charge is 0.338 e. The summed E-state index contributed by atoms with van der Waals surface area (Å²) in [7, 11) is 0. The van der Waals surface area contributed by atoms with E-state index in [2.05, 4.69) is 10.1 Å². The fourth-order valence-electron chi connectivity index (χ4n) is 1.43. The summed E-state index contributed by atoms with van der Waals surface area (Å²) in [5.41, 5.74) is 1.04. The Labute approximate surface area is 114 Å². The van der Waals surface area contributed by atoms with Crippen LogP contribution in [0.1, 0.15) is 17.3 Å². The van der Waals surface area contributed by atoms with Gasteiger partial charge in [-0.15, -0.1) is 11.8 Å². The number of aromatic nitrogens is 2. The standard InChI is InChI=1S/C12H10ClN3OS/c13-10-3-1-2-9(6-10)7-11-15-12(17-16-11)8-18-5-4-14/h1-3,6H,5,7-8H2. The summed E-state index contributed by atoms with van der Waals surface area (Å²) in [6, 6.07) is 9.61. The highest BCUT2D eigenvalue weighted by molar-refractivity contribution is 7.98. The number of rotatable bonds is 5. The Balaban J connectivity index is 1.96. The summed E-state index contributed by atoms with van der Waals surface area (Å²) in [5.74, 6) is 2.17. The maximum Gasteiger partial charge on any atom is 0.236 e. The maximum absolute atomic E-state index is 8.42. The molecule has 0 amide bonds. The number of thioether (sulfide) groups is 1. The van der Waals surface area contributed by atoms with Gasteiger partial charge in [0.25, 0.3) is 0 Å². The van der Waals surface area contributed by atoms with Gasteiger partial charge in [0.05, 0.1) is 17.6 Å². The Hall–Kier alpha value is -1.51. The van der Waals surface area contributed by atoms with Crippen molar-refractivity contribution < 1.29 is 4.52 Å². The smallest absolute Gasteiger partial charge is 0.236 e. The highest BCUT2D eigenvalue weighted by Crippen LogP contribution is 2.15. The van der Waals surface area contributed by atoms with Crippen LogP contribution in [0.3, 0.4) is 0 Å². The van der Waals surface area contributed by atoms with Gasteiger partial charge in [-0.25, -0.2) is 0 Å². The van der Waals surface area contributed by atoms with Crippen molar-refractivity contribution in [3.63, 3.8) is 0 Å². The van der Waals surface area contributed by atoms with Crippen molar-refractivity contribution in [3.05, 3.63) is 46.6 Å². The van der Waals surface area contributed by atoms with Crippen LogP contribution in [0, 0.1) is 11.3 Å². The number of hydrogen-bond donors (Lipinski definition) is 0. The Morgan fingerprint density at radius 3 is 3.11 bits per heavy atom. The second-order valence-electron chi connectivity index (χ2n) is 3.56. The SMILES string of the molecule is N#CCSCc1nc(Cc2cccc(Cl)c2)no1. The van der Waals surface area contributed by atoms with Gasteiger partial charge in [0.1, 0.15) is 0 Å². The van der Waals surface area contributed by atoms with Gasteiger partial charge in [-0.1, -0.05) is 28.9 Å². The summed E-state index contributed by atoms with van der Waals surface area (Å²) in [6.07, 6.45) is 0.590. The minimum atomic E-state index is 0.423. The van der Waals surface area contributed by atoms with Crippen LogP contribution in [-0.2, 0) is 12.2 Å². The Kier molecular flexibility index (Phi) is 4.62. The van der Waals surface area contributed by atoms with E-state index < -0.39 is 0 Å². The van der Waals surface area contributed by atoms with Crippen molar-refractivity contribution in [2.75, 3.05) is 5.75 Å². The maximum atomic E-state index is 8.42. The molecule has 0 aliphatic heterocycles. The topological polar surface area (TPSA) is 62.7 Å². The van der Waals surface area contributed by atoms with E-state index in [1.54, 1.807) is 0 Å².